The van der Waals surface area contributed by atoms with Gasteiger partial charge in [-0.1, -0.05) is 39.5 Å². The van der Waals surface area contributed by atoms with Gasteiger partial charge in [-0.05, 0) is 25.7 Å². The maximum absolute atomic E-state index is 9.05. The fraction of sp³-hybridized carbons (Fsp3) is 0.625. The second-order valence-electron chi connectivity index (χ2n) is 4.95. The Hall–Kier alpha value is -1.94. The van der Waals surface area contributed by atoms with E-state index in [0.717, 1.165) is 62.8 Å². The zero-order chi connectivity index (χ0) is 14.8. The maximum atomic E-state index is 9.05. The van der Waals surface area contributed by atoms with Crippen molar-refractivity contribution < 1.29 is 0 Å². The molecular formula is C16H22N4. The zero-order valence-corrected chi connectivity index (χ0v) is 12.4. The topological polar surface area (TPSA) is 73.4 Å². The van der Waals surface area contributed by atoms with Crippen LogP contribution in [0.4, 0.5) is 0 Å². The predicted molar refractivity (Wildman–Crippen MR) is 77.9 cm³/mol. The summed E-state index contributed by atoms with van der Waals surface area (Å²) in [4.78, 5) is 8.73. The van der Waals surface area contributed by atoms with Crippen molar-refractivity contribution in [2.24, 2.45) is 0 Å². The number of rotatable bonds is 8. The van der Waals surface area contributed by atoms with Crippen LogP contribution in [0.15, 0.2) is 0 Å². The lowest BCUT2D eigenvalue weighted by Crippen LogP contribution is -2.07. The Labute approximate surface area is 121 Å². The highest BCUT2D eigenvalue weighted by Crippen LogP contribution is 2.15. The van der Waals surface area contributed by atoms with Crippen LogP contribution in [0.2, 0.25) is 0 Å². The van der Waals surface area contributed by atoms with Crippen molar-refractivity contribution in [1.82, 2.24) is 9.97 Å². The number of nitriles is 2. The minimum Gasteiger partial charge on any atom is -0.237 e. The molecule has 1 aromatic heterocycles. The van der Waals surface area contributed by atoms with E-state index in [0.29, 0.717) is 0 Å². The highest BCUT2D eigenvalue weighted by atomic mass is 14.8. The maximum Gasteiger partial charge on any atom is 0.177 e. The molecule has 0 N–H and O–H groups in total. The Balaban J connectivity index is 2.97. The van der Waals surface area contributed by atoms with Crippen LogP contribution < -0.4 is 0 Å². The van der Waals surface area contributed by atoms with Crippen molar-refractivity contribution in [3.63, 3.8) is 0 Å². The fourth-order valence-corrected chi connectivity index (χ4v) is 2.15. The normalized spacial score (nSPS) is 10.0. The Morgan fingerprint density at radius 1 is 0.750 bits per heavy atom. The van der Waals surface area contributed by atoms with Gasteiger partial charge in [0.1, 0.15) is 12.1 Å². The van der Waals surface area contributed by atoms with Gasteiger partial charge in [0.05, 0.1) is 11.4 Å². The number of unbranched alkanes of at least 4 members (excludes halogenated alkanes) is 4. The van der Waals surface area contributed by atoms with Gasteiger partial charge in [0.15, 0.2) is 11.4 Å². The minimum atomic E-state index is 0.165. The van der Waals surface area contributed by atoms with Crippen LogP contribution in [0.5, 0.6) is 0 Å². The third kappa shape index (κ3) is 4.63. The Kier molecular flexibility index (Phi) is 7.29. The lowest BCUT2D eigenvalue weighted by Gasteiger charge is -2.09. The summed E-state index contributed by atoms with van der Waals surface area (Å²) in [5, 5.41) is 18.1. The van der Waals surface area contributed by atoms with Crippen molar-refractivity contribution in [2.45, 2.75) is 65.2 Å². The van der Waals surface area contributed by atoms with E-state index < -0.39 is 0 Å². The number of hydrogen-bond acceptors (Lipinski definition) is 4. The zero-order valence-electron chi connectivity index (χ0n) is 12.4. The Bertz CT molecular complexity index is 461. The largest absolute Gasteiger partial charge is 0.237 e. The average Bonchev–Trinajstić information content (AvgIpc) is 2.48. The molecule has 0 unspecified atom stereocenters. The summed E-state index contributed by atoms with van der Waals surface area (Å²) in [7, 11) is 0. The third-order valence-electron chi connectivity index (χ3n) is 3.30. The molecule has 0 atom stereocenters. The number of aryl methyl sites for hydroxylation is 2. The molecule has 0 spiro atoms. The predicted octanol–water partition coefficient (Wildman–Crippen LogP) is 3.69. The van der Waals surface area contributed by atoms with E-state index in [9.17, 15) is 0 Å². The summed E-state index contributed by atoms with van der Waals surface area (Å²) in [5.41, 5.74) is 2.15. The minimum absolute atomic E-state index is 0.165. The highest BCUT2D eigenvalue weighted by Gasteiger charge is 2.13. The number of hydrogen-bond donors (Lipinski definition) is 0. The van der Waals surface area contributed by atoms with Crippen LogP contribution in [0.25, 0.3) is 0 Å². The van der Waals surface area contributed by atoms with Crippen molar-refractivity contribution in [3.05, 3.63) is 22.8 Å². The highest BCUT2D eigenvalue weighted by molar-refractivity contribution is 5.37. The van der Waals surface area contributed by atoms with Crippen molar-refractivity contribution in [3.8, 4) is 12.1 Å². The van der Waals surface area contributed by atoms with Crippen molar-refractivity contribution in [1.29, 1.82) is 10.5 Å². The second kappa shape index (κ2) is 9.04. The van der Waals surface area contributed by atoms with Crippen molar-refractivity contribution in [2.75, 3.05) is 0 Å². The molecule has 0 aliphatic heterocycles. The monoisotopic (exact) mass is 270 g/mol. The van der Waals surface area contributed by atoms with Gasteiger partial charge in [-0.2, -0.15) is 10.5 Å². The number of nitrogens with zero attached hydrogens (tertiary/aromatic N) is 4. The molecule has 0 saturated carbocycles. The molecule has 1 aromatic rings. The van der Waals surface area contributed by atoms with Crippen LogP contribution in [0.3, 0.4) is 0 Å². The van der Waals surface area contributed by atoms with Gasteiger partial charge < -0.3 is 0 Å². The van der Waals surface area contributed by atoms with E-state index in [-0.39, 0.29) is 11.4 Å². The lowest BCUT2D eigenvalue weighted by atomic mass is 10.1. The molecule has 4 nitrogen and oxygen atoms in total. The first-order valence-corrected chi connectivity index (χ1v) is 7.46. The number of aromatic nitrogens is 2. The molecule has 0 aliphatic carbocycles. The molecular weight excluding hydrogens is 248 g/mol. The molecule has 0 bridgehead atoms. The summed E-state index contributed by atoms with van der Waals surface area (Å²) in [6, 6.07) is 3.95. The quantitative estimate of drug-likeness (QED) is 0.675. The molecule has 1 rings (SSSR count). The fourth-order valence-electron chi connectivity index (χ4n) is 2.15. The Morgan fingerprint density at radius 3 is 1.45 bits per heavy atom. The average molecular weight is 270 g/mol. The summed E-state index contributed by atoms with van der Waals surface area (Å²) in [5.74, 6) is 0. The molecule has 0 aliphatic rings. The first-order valence-electron chi connectivity index (χ1n) is 7.46. The summed E-state index contributed by atoms with van der Waals surface area (Å²) in [6.45, 7) is 4.32. The molecule has 0 fully saturated rings. The molecule has 4 heteroatoms. The van der Waals surface area contributed by atoms with E-state index in [1.165, 1.54) is 0 Å². The second-order valence-corrected chi connectivity index (χ2v) is 4.95. The van der Waals surface area contributed by atoms with Crippen molar-refractivity contribution >= 4 is 0 Å². The van der Waals surface area contributed by atoms with Crippen LogP contribution in [0, 0.1) is 22.7 Å². The first-order chi connectivity index (χ1) is 9.76. The van der Waals surface area contributed by atoms with E-state index in [1.807, 2.05) is 12.1 Å². The van der Waals surface area contributed by atoms with E-state index in [4.69, 9.17) is 10.5 Å². The Morgan fingerprint density at radius 2 is 1.15 bits per heavy atom. The molecule has 0 radical (unpaired) electrons. The smallest absolute Gasteiger partial charge is 0.177 e. The van der Waals surface area contributed by atoms with E-state index >= 15 is 0 Å². The van der Waals surface area contributed by atoms with Gasteiger partial charge in [0, 0.05) is 0 Å². The third-order valence-corrected chi connectivity index (χ3v) is 3.30. The van der Waals surface area contributed by atoms with Crippen LogP contribution in [0.1, 0.15) is 75.1 Å². The first kappa shape index (κ1) is 16.1. The lowest BCUT2D eigenvalue weighted by molar-refractivity contribution is 0.670. The van der Waals surface area contributed by atoms with Crippen LogP contribution in [-0.4, -0.2) is 9.97 Å². The summed E-state index contributed by atoms with van der Waals surface area (Å²) >= 11 is 0. The van der Waals surface area contributed by atoms with Crippen LogP contribution in [-0.2, 0) is 12.8 Å². The molecule has 20 heavy (non-hydrogen) atoms. The molecule has 0 saturated heterocycles. The summed E-state index contributed by atoms with van der Waals surface area (Å²) < 4.78 is 0. The molecule has 1 heterocycles. The van der Waals surface area contributed by atoms with Gasteiger partial charge in [-0.3, -0.25) is 0 Å². The standard InChI is InChI=1S/C16H22N4/c1-3-5-7-9-13-14(10-8-6-4-2)20-16(12-18)15(11-17)19-13/h3-10H2,1-2H3. The van der Waals surface area contributed by atoms with Gasteiger partial charge in [-0.15, -0.1) is 0 Å². The molecule has 0 aromatic carbocycles. The van der Waals surface area contributed by atoms with Gasteiger partial charge in [0.25, 0.3) is 0 Å². The molecule has 106 valence electrons. The van der Waals surface area contributed by atoms with Crippen LogP contribution >= 0.6 is 0 Å². The van der Waals surface area contributed by atoms with Gasteiger partial charge in [-0.25, -0.2) is 9.97 Å². The van der Waals surface area contributed by atoms with Gasteiger partial charge >= 0.3 is 0 Å². The van der Waals surface area contributed by atoms with E-state index in [2.05, 4.69) is 23.8 Å². The van der Waals surface area contributed by atoms with Gasteiger partial charge in [0.2, 0.25) is 0 Å². The van der Waals surface area contributed by atoms with E-state index in [1.54, 1.807) is 0 Å². The summed E-state index contributed by atoms with van der Waals surface area (Å²) in [6.07, 6.45) is 8.42. The molecule has 0 amide bonds. The SMILES string of the molecule is CCCCCc1nc(C#N)c(C#N)nc1CCCCC.